The predicted molar refractivity (Wildman–Crippen MR) is 64.1 cm³/mol. The standard InChI is InChI=1S/C13H18N2O2/c1-2-3-8-6-12(16)15-13(14-8)10-7-9-4-5-11(10)17-9/h6,9-11H,2-5,7H2,1H3,(H,14,15,16). The van der Waals surface area contributed by atoms with Crippen LogP contribution in [0.2, 0.25) is 0 Å². The lowest BCUT2D eigenvalue weighted by atomic mass is 9.88. The quantitative estimate of drug-likeness (QED) is 0.867. The molecule has 0 aromatic carbocycles. The number of aromatic nitrogens is 2. The first-order valence-electron chi connectivity index (χ1n) is 6.52. The highest BCUT2D eigenvalue weighted by molar-refractivity contribution is 5.11. The first-order valence-corrected chi connectivity index (χ1v) is 6.52. The summed E-state index contributed by atoms with van der Waals surface area (Å²) in [7, 11) is 0. The van der Waals surface area contributed by atoms with Gasteiger partial charge in [-0.25, -0.2) is 4.98 Å². The number of aryl methyl sites for hydroxylation is 1. The van der Waals surface area contributed by atoms with E-state index in [0.29, 0.717) is 12.0 Å². The Morgan fingerprint density at radius 1 is 1.53 bits per heavy atom. The third-order valence-corrected chi connectivity index (χ3v) is 3.78. The highest BCUT2D eigenvalue weighted by Crippen LogP contribution is 2.43. The second-order valence-corrected chi connectivity index (χ2v) is 5.09. The molecule has 1 aromatic rings. The third kappa shape index (κ3) is 2.02. The van der Waals surface area contributed by atoms with Gasteiger partial charge in [0, 0.05) is 17.7 Å². The van der Waals surface area contributed by atoms with Gasteiger partial charge in [0.05, 0.1) is 12.2 Å². The van der Waals surface area contributed by atoms with Gasteiger partial charge in [-0.15, -0.1) is 0 Å². The van der Waals surface area contributed by atoms with Crippen molar-refractivity contribution in [3.63, 3.8) is 0 Å². The van der Waals surface area contributed by atoms with Crippen molar-refractivity contribution in [3.8, 4) is 0 Å². The number of H-pyrrole nitrogens is 1. The van der Waals surface area contributed by atoms with Gasteiger partial charge in [0.25, 0.3) is 5.56 Å². The summed E-state index contributed by atoms with van der Waals surface area (Å²) in [4.78, 5) is 19.1. The lowest BCUT2D eigenvalue weighted by Crippen LogP contribution is -2.22. The van der Waals surface area contributed by atoms with Crippen molar-refractivity contribution in [2.24, 2.45) is 0 Å². The minimum atomic E-state index is -0.0266. The number of hydrogen-bond acceptors (Lipinski definition) is 3. The summed E-state index contributed by atoms with van der Waals surface area (Å²) in [5.74, 6) is 1.14. The minimum Gasteiger partial charge on any atom is -0.374 e. The van der Waals surface area contributed by atoms with Gasteiger partial charge in [0.15, 0.2) is 0 Å². The fourth-order valence-electron chi connectivity index (χ4n) is 3.01. The van der Waals surface area contributed by atoms with E-state index in [1.165, 1.54) is 6.42 Å². The average molecular weight is 234 g/mol. The van der Waals surface area contributed by atoms with E-state index in [2.05, 4.69) is 16.9 Å². The van der Waals surface area contributed by atoms with Crippen LogP contribution >= 0.6 is 0 Å². The molecular formula is C13H18N2O2. The topological polar surface area (TPSA) is 55.0 Å². The van der Waals surface area contributed by atoms with Crippen LogP contribution in [0.5, 0.6) is 0 Å². The van der Waals surface area contributed by atoms with E-state index in [1.54, 1.807) is 6.07 Å². The summed E-state index contributed by atoms with van der Waals surface area (Å²) in [6.45, 7) is 2.10. The number of hydrogen-bond donors (Lipinski definition) is 1. The van der Waals surface area contributed by atoms with Crippen LogP contribution in [0.25, 0.3) is 0 Å². The van der Waals surface area contributed by atoms with Crippen molar-refractivity contribution in [2.45, 2.75) is 57.2 Å². The van der Waals surface area contributed by atoms with Crippen LogP contribution in [0.4, 0.5) is 0 Å². The van der Waals surface area contributed by atoms with Gasteiger partial charge in [-0.1, -0.05) is 13.3 Å². The van der Waals surface area contributed by atoms with Crippen LogP contribution < -0.4 is 5.56 Å². The molecule has 3 atom stereocenters. The first kappa shape index (κ1) is 11.0. The summed E-state index contributed by atoms with van der Waals surface area (Å²) in [6, 6.07) is 1.61. The van der Waals surface area contributed by atoms with Crippen LogP contribution in [-0.2, 0) is 11.2 Å². The predicted octanol–water partition coefficient (Wildman–Crippen LogP) is 1.76. The molecule has 0 spiro atoms. The van der Waals surface area contributed by atoms with Gasteiger partial charge >= 0.3 is 0 Å². The molecule has 1 aromatic heterocycles. The molecule has 3 heterocycles. The lowest BCUT2D eigenvalue weighted by molar-refractivity contribution is 0.0998. The Kier molecular flexibility index (Phi) is 2.74. The largest absolute Gasteiger partial charge is 0.374 e. The van der Waals surface area contributed by atoms with Crippen molar-refractivity contribution in [3.05, 3.63) is 27.9 Å². The number of nitrogens with one attached hydrogen (secondary N) is 1. The van der Waals surface area contributed by atoms with Gasteiger partial charge in [0.1, 0.15) is 5.82 Å². The zero-order valence-corrected chi connectivity index (χ0v) is 10.1. The minimum absolute atomic E-state index is 0.0266. The fraction of sp³-hybridized carbons (Fsp3) is 0.692. The van der Waals surface area contributed by atoms with Crippen molar-refractivity contribution in [1.29, 1.82) is 0 Å². The smallest absolute Gasteiger partial charge is 0.251 e. The molecule has 2 bridgehead atoms. The number of nitrogens with zero attached hydrogens (tertiary/aromatic N) is 1. The Bertz CT molecular complexity index is 469. The fourth-order valence-corrected chi connectivity index (χ4v) is 3.01. The molecule has 3 rings (SSSR count). The van der Waals surface area contributed by atoms with E-state index in [0.717, 1.165) is 37.2 Å². The summed E-state index contributed by atoms with van der Waals surface area (Å²) in [5, 5.41) is 0. The number of aromatic amines is 1. The van der Waals surface area contributed by atoms with Crippen molar-refractivity contribution >= 4 is 0 Å². The molecule has 2 saturated heterocycles. The highest BCUT2D eigenvalue weighted by Gasteiger charge is 2.42. The van der Waals surface area contributed by atoms with E-state index >= 15 is 0 Å². The molecule has 0 radical (unpaired) electrons. The van der Waals surface area contributed by atoms with E-state index in [9.17, 15) is 4.79 Å². The van der Waals surface area contributed by atoms with Crippen LogP contribution in [0, 0.1) is 0 Å². The monoisotopic (exact) mass is 234 g/mol. The lowest BCUT2D eigenvalue weighted by Gasteiger charge is -2.17. The maximum Gasteiger partial charge on any atom is 0.251 e. The molecule has 4 nitrogen and oxygen atoms in total. The van der Waals surface area contributed by atoms with Crippen LogP contribution in [-0.4, -0.2) is 22.2 Å². The summed E-state index contributed by atoms with van der Waals surface area (Å²) in [6.07, 6.45) is 5.85. The molecule has 0 aliphatic carbocycles. The summed E-state index contributed by atoms with van der Waals surface area (Å²) < 4.78 is 5.82. The van der Waals surface area contributed by atoms with Gasteiger partial charge in [-0.2, -0.15) is 0 Å². The van der Waals surface area contributed by atoms with Crippen molar-refractivity contribution in [1.82, 2.24) is 9.97 Å². The molecule has 2 aliphatic heterocycles. The molecule has 4 heteroatoms. The molecule has 17 heavy (non-hydrogen) atoms. The van der Waals surface area contributed by atoms with E-state index in [1.807, 2.05) is 0 Å². The molecule has 2 aliphatic rings. The van der Waals surface area contributed by atoms with Crippen molar-refractivity contribution in [2.75, 3.05) is 0 Å². The molecule has 2 fully saturated rings. The van der Waals surface area contributed by atoms with Gasteiger partial charge in [0.2, 0.25) is 0 Å². The zero-order valence-electron chi connectivity index (χ0n) is 10.1. The zero-order chi connectivity index (χ0) is 11.8. The molecule has 1 N–H and O–H groups in total. The SMILES string of the molecule is CCCc1cc(=O)[nH]c(C2CC3CCC2O3)n1. The third-order valence-electron chi connectivity index (χ3n) is 3.78. The number of fused-ring (bicyclic) bond motifs is 2. The molecule has 92 valence electrons. The maximum atomic E-state index is 11.6. The van der Waals surface area contributed by atoms with Gasteiger partial charge < -0.3 is 9.72 Å². The molecule has 3 unspecified atom stereocenters. The van der Waals surface area contributed by atoms with Gasteiger partial charge in [-0.3, -0.25) is 4.79 Å². The average Bonchev–Trinajstić information content (AvgIpc) is 2.90. The molecule has 0 amide bonds. The Morgan fingerprint density at radius 2 is 2.41 bits per heavy atom. The van der Waals surface area contributed by atoms with E-state index < -0.39 is 0 Å². The first-order chi connectivity index (χ1) is 8.26. The Labute approximate surface area is 100 Å². The Balaban J connectivity index is 1.89. The second-order valence-electron chi connectivity index (χ2n) is 5.09. The molecular weight excluding hydrogens is 216 g/mol. The Hall–Kier alpha value is -1.16. The summed E-state index contributed by atoms with van der Waals surface area (Å²) in [5.41, 5.74) is 0.884. The van der Waals surface area contributed by atoms with Crippen LogP contribution in [0.3, 0.4) is 0 Å². The van der Waals surface area contributed by atoms with Crippen molar-refractivity contribution < 1.29 is 4.74 Å². The highest BCUT2D eigenvalue weighted by atomic mass is 16.5. The van der Waals surface area contributed by atoms with Gasteiger partial charge in [-0.05, 0) is 25.7 Å². The second kappa shape index (κ2) is 4.26. The normalized spacial score (nSPS) is 31.0. The Morgan fingerprint density at radius 3 is 3.06 bits per heavy atom. The number of rotatable bonds is 3. The van der Waals surface area contributed by atoms with Crippen LogP contribution in [0.1, 0.15) is 50.0 Å². The number of ether oxygens (including phenoxy) is 1. The summed E-state index contributed by atoms with van der Waals surface area (Å²) >= 11 is 0. The maximum absolute atomic E-state index is 11.6. The van der Waals surface area contributed by atoms with Crippen LogP contribution in [0.15, 0.2) is 10.9 Å². The molecule has 0 saturated carbocycles. The van der Waals surface area contributed by atoms with E-state index in [-0.39, 0.29) is 11.7 Å². The van der Waals surface area contributed by atoms with E-state index in [4.69, 9.17) is 4.74 Å².